The van der Waals surface area contributed by atoms with Gasteiger partial charge < -0.3 is 10.1 Å². The van der Waals surface area contributed by atoms with E-state index in [0.29, 0.717) is 11.4 Å². The van der Waals surface area contributed by atoms with Crippen LogP contribution in [0.3, 0.4) is 0 Å². The van der Waals surface area contributed by atoms with Crippen LogP contribution >= 0.6 is 0 Å². The van der Waals surface area contributed by atoms with Crippen molar-refractivity contribution in [1.82, 2.24) is 0 Å². The molecule has 5 nitrogen and oxygen atoms in total. The smallest absolute Gasteiger partial charge is 0.311 e. The zero-order valence-corrected chi connectivity index (χ0v) is 11.8. The van der Waals surface area contributed by atoms with E-state index in [-0.39, 0.29) is 10.9 Å². The topological polar surface area (TPSA) is 67.8 Å². The molecule has 21 heavy (non-hydrogen) atoms. The van der Waals surface area contributed by atoms with Gasteiger partial charge in [0.05, 0.1) is 10.6 Å². The molecule has 106 valence electrons. The van der Waals surface area contributed by atoms with Crippen molar-refractivity contribution in [2.75, 3.05) is 5.32 Å². The lowest BCUT2D eigenvalue weighted by molar-refractivity contribution is 0.501. The Hall–Kier alpha value is -2.60. The number of para-hydroxylation sites is 1. The Balaban J connectivity index is 1.98. The Labute approximate surface area is 122 Å². The zero-order valence-electron chi connectivity index (χ0n) is 11.0. The summed E-state index contributed by atoms with van der Waals surface area (Å²) in [5.74, 6) is 0.353. The molecule has 1 aliphatic heterocycles. The van der Waals surface area contributed by atoms with Gasteiger partial charge in [0.25, 0.3) is 10.0 Å². The Morgan fingerprint density at radius 2 is 1.67 bits per heavy atom. The van der Waals surface area contributed by atoms with E-state index < -0.39 is 10.0 Å². The number of anilines is 1. The van der Waals surface area contributed by atoms with E-state index in [4.69, 9.17) is 4.74 Å². The minimum atomic E-state index is -3.83. The Kier molecular flexibility index (Phi) is 3.23. The monoisotopic (exact) mass is 300 g/mol. The maximum absolute atomic E-state index is 12.2. The minimum absolute atomic E-state index is 0.104. The summed E-state index contributed by atoms with van der Waals surface area (Å²) < 4.78 is 33.4. The highest BCUT2D eigenvalue weighted by Crippen LogP contribution is 2.28. The molecule has 0 radical (unpaired) electrons. The summed E-state index contributed by atoms with van der Waals surface area (Å²) >= 11 is 0. The standard InChI is InChI=1S/C15H12N2O3S/c1-11-13-9-5-6-10-14(13)16-15(20-11)17-21(18,19)12-7-3-2-4-8-12/h2-10H,1H2,(H,16,17). The van der Waals surface area contributed by atoms with E-state index in [1.165, 1.54) is 12.1 Å². The van der Waals surface area contributed by atoms with E-state index in [1.807, 2.05) is 18.2 Å². The molecule has 0 aromatic heterocycles. The van der Waals surface area contributed by atoms with Gasteiger partial charge in [-0.3, -0.25) is 0 Å². The molecule has 0 unspecified atom stereocenters. The summed E-state index contributed by atoms with van der Waals surface area (Å²) in [7, 11) is -3.83. The fraction of sp³-hybridized carbons (Fsp3) is 0. The van der Waals surface area contributed by atoms with Crippen molar-refractivity contribution in [2.24, 2.45) is 4.40 Å². The van der Waals surface area contributed by atoms with Gasteiger partial charge in [0.15, 0.2) is 0 Å². The molecule has 0 aliphatic carbocycles. The van der Waals surface area contributed by atoms with Crippen molar-refractivity contribution in [1.29, 1.82) is 0 Å². The van der Waals surface area contributed by atoms with E-state index in [9.17, 15) is 8.42 Å². The highest BCUT2D eigenvalue weighted by atomic mass is 32.2. The quantitative estimate of drug-likeness (QED) is 0.926. The van der Waals surface area contributed by atoms with E-state index in [1.54, 1.807) is 24.3 Å². The van der Waals surface area contributed by atoms with Crippen LogP contribution in [0.2, 0.25) is 0 Å². The van der Waals surface area contributed by atoms with Crippen LogP contribution in [0.25, 0.3) is 5.76 Å². The number of benzene rings is 2. The fourth-order valence-corrected chi connectivity index (χ4v) is 2.85. The molecule has 1 heterocycles. The number of fused-ring (bicyclic) bond motifs is 1. The second-order valence-electron chi connectivity index (χ2n) is 4.38. The number of sulfonamides is 1. The van der Waals surface area contributed by atoms with Gasteiger partial charge in [0.2, 0.25) is 0 Å². The van der Waals surface area contributed by atoms with Crippen LogP contribution in [0, 0.1) is 0 Å². The molecule has 3 rings (SSSR count). The van der Waals surface area contributed by atoms with Gasteiger partial charge >= 0.3 is 6.02 Å². The lowest BCUT2D eigenvalue weighted by Crippen LogP contribution is -2.22. The minimum Gasteiger partial charge on any atom is -0.425 e. The largest absolute Gasteiger partial charge is 0.425 e. The predicted octanol–water partition coefficient (Wildman–Crippen LogP) is 2.84. The van der Waals surface area contributed by atoms with Gasteiger partial charge in [-0.1, -0.05) is 36.9 Å². The van der Waals surface area contributed by atoms with Crippen molar-refractivity contribution in [3.63, 3.8) is 0 Å². The molecule has 0 saturated heterocycles. The van der Waals surface area contributed by atoms with Crippen LogP contribution in [0.15, 0.2) is 70.5 Å². The van der Waals surface area contributed by atoms with E-state index >= 15 is 0 Å². The highest BCUT2D eigenvalue weighted by molar-refractivity contribution is 7.90. The van der Waals surface area contributed by atoms with Gasteiger partial charge in [0.1, 0.15) is 5.76 Å². The molecular formula is C15H12N2O3S. The first-order valence-electron chi connectivity index (χ1n) is 6.19. The first-order chi connectivity index (χ1) is 10.1. The van der Waals surface area contributed by atoms with Crippen LogP contribution in [0.1, 0.15) is 5.56 Å². The van der Waals surface area contributed by atoms with E-state index in [2.05, 4.69) is 16.3 Å². The molecule has 2 aromatic rings. The summed E-state index contributed by atoms with van der Waals surface area (Å²) in [4.78, 5) is 0.104. The Morgan fingerprint density at radius 3 is 2.43 bits per heavy atom. The molecular weight excluding hydrogens is 288 g/mol. The third kappa shape index (κ3) is 2.66. The highest BCUT2D eigenvalue weighted by Gasteiger charge is 2.21. The molecule has 0 fully saturated rings. The summed E-state index contributed by atoms with van der Waals surface area (Å²) in [6, 6.07) is 15.2. The maximum atomic E-state index is 12.2. The maximum Gasteiger partial charge on any atom is 0.311 e. The van der Waals surface area contributed by atoms with Crippen LogP contribution < -0.4 is 5.32 Å². The van der Waals surface area contributed by atoms with Crippen LogP contribution in [0.5, 0.6) is 0 Å². The molecule has 1 aliphatic rings. The molecule has 6 heteroatoms. The number of amidine groups is 1. The summed E-state index contributed by atoms with van der Waals surface area (Å²) in [6.07, 6.45) is 0. The third-order valence-corrected chi connectivity index (χ3v) is 4.21. The normalized spacial score (nSPS) is 16.0. The molecule has 2 aromatic carbocycles. The number of nitrogens with zero attached hydrogens (tertiary/aromatic N) is 1. The lowest BCUT2D eigenvalue weighted by Gasteiger charge is -2.21. The zero-order chi connectivity index (χ0) is 14.9. The number of ether oxygens (including phenoxy) is 1. The molecule has 0 bridgehead atoms. The number of hydrogen-bond donors (Lipinski definition) is 1. The van der Waals surface area contributed by atoms with Gasteiger partial charge in [0, 0.05) is 5.56 Å². The van der Waals surface area contributed by atoms with Gasteiger partial charge in [-0.25, -0.2) is 0 Å². The Bertz CT molecular complexity index is 827. The van der Waals surface area contributed by atoms with Crippen molar-refractivity contribution in [3.8, 4) is 0 Å². The average molecular weight is 300 g/mol. The first kappa shape index (κ1) is 13.4. The SMILES string of the molecule is C=C1O/C(=N\S(=O)(=O)c2ccccc2)Nc2ccccc21. The van der Waals surface area contributed by atoms with Crippen molar-refractivity contribution in [3.05, 3.63) is 66.7 Å². The first-order valence-corrected chi connectivity index (χ1v) is 7.63. The van der Waals surface area contributed by atoms with Crippen molar-refractivity contribution >= 4 is 27.5 Å². The van der Waals surface area contributed by atoms with Crippen molar-refractivity contribution < 1.29 is 13.2 Å². The molecule has 0 spiro atoms. The average Bonchev–Trinajstić information content (AvgIpc) is 2.48. The molecule has 0 saturated carbocycles. The molecule has 1 N–H and O–H groups in total. The van der Waals surface area contributed by atoms with Gasteiger partial charge in [-0.2, -0.15) is 8.42 Å². The molecule has 0 atom stereocenters. The number of nitrogens with one attached hydrogen (secondary N) is 1. The Morgan fingerprint density at radius 1 is 1.00 bits per heavy atom. The van der Waals surface area contributed by atoms with Crippen molar-refractivity contribution in [2.45, 2.75) is 4.90 Å². The lowest BCUT2D eigenvalue weighted by atomic mass is 10.1. The van der Waals surface area contributed by atoms with Crippen LogP contribution in [-0.2, 0) is 14.8 Å². The second-order valence-corrected chi connectivity index (χ2v) is 5.98. The summed E-state index contributed by atoms with van der Waals surface area (Å²) in [6.45, 7) is 3.77. The second kappa shape index (κ2) is 5.06. The fourth-order valence-electron chi connectivity index (χ4n) is 1.94. The summed E-state index contributed by atoms with van der Waals surface area (Å²) in [5, 5.41) is 2.84. The number of hydrogen-bond acceptors (Lipinski definition) is 3. The van der Waals surface area contributed by atoms with E-state index in [0.717, 1.165) is 5.56 Å². The van der Waals surface area contributed by atoms with Gasteiger partial charge in [-0.05, 0) is 24.3 Å². The third-order valence-electron chi connectivity index (χ3n) is 2.93. The molecule has 0 amide bonds. The number of rotatable bonds is 2. The van der Waals surface area contributed by atoms with Crippen LogP contribution in [-0.4, -0.2) is 14.4 Å². The summed E-state index contributed by atoms with van der Waals surface area (Å²) in [5.41, 5.74) is 1.48. The van der Waals surface area contributed by atoms with Gasteiger partial charge in [-0.15, -0.1) is 4.40 Å². The predicted molar refractivity (Wildman–Crippen MR) is 81.2 cm³/mol. The van der Waals surface area contributed by atoms with Crippen LogP contribution in [0.4, 0.5) is 5.69 Å².